The zero-order valence-corrected chi connectivity index (χ0v) is 7.54. The van der Waals surface area contributed by atoms with E-state index in [0.29, 0.717) is 0 Å². The van der Waals surface area contributed by atoms with Gasteiger partial charge in [0.1, 0.15) is 0 Å². The summed E-state index contributed by atoms with van der Waals surface area (Å²) < 4.78 is 0. The monoisotopic (exact) mass is 169 g/mol. The Morgan fingerprint density at radius 2 is 2.15 bits per heavy atom. The molecule has 0 fully saturated rings. The Bertz CT molecular complexity index is 459. The van der Waals surface area contributed by atoms with Crippen molar-refractivity contribution >= 4 is 10.9 Å². The second-order valence-corrected chi connectivity index (χ2v) is 3.18. The second-order valence-electron chi connectivity index (χ2n) is 3.18. The van der Waals surface area contributed by atoms with Crippen molar-refractivity contribution in [1.82, 2.24) is 4.98 Å². The molecular weight excluding hydrogens is 158 g/mol. The molecule has 0 bridgehead atoms. The number of hydrogen-bond donors (Lipinski definition) is 1. The Kier molecular flexibility index (Phi) is 1.83. The Morgan fingerprint density at radius 3 is 2.92 bits per heavy atom. The van der Waals surface area contributed by atoms with E-state index in [2.05, 4.69) is 23.0 Å². The summed E-state index contributed by atoms with van der Waals surface area (Å²) in [5.41, 5.74) is 2.36. The van der Waals surface area contributed by atoms with Crippen molar-refractivity contribution in [3.05, 3.63) is 36.0 Å². The van der Waals surface area contributed by atoms with Gasteiger partial charge in [0.05, 0.1) is 0 Å². The highest BCUT2D eigenvalue weighted by Gasteiger charge is 2.07. The van der Waals surface area contributed by atoms with Gasteiger partial charge < -0.3 is 4.98 Å². The molecule has 0 aliphatic carbocycles. The fraction of sp³-hybridized carbons (Fsp3) is 0.167. The molecule has 1 aromatic carbocycles. The number of benzene rings is 1. The Morgan fingerprint density at radius 1 is 1.38 bits per heavy atom. The summed E-state index contributed by atoms with van der Waals surface area (Å²) in [6, 6.07) is 8.20. The highest BCUT2D eigenvalue weighted by molar-refractivity contribution is 5.83. The van der Waals surface area contributed by atoms with Gasteiger partial charge >= 0.3 is 0 Å². The van der Waals surface area contributed by atoms with Crippen LogP contribution in [0.3, 0.4) is 0 Å². The largest absolute Gasteiger partial charge is 0.361 e. The fourth-order valence-electron chi connectivity index (χ4n) is 1.54. The van der Waals surface area contributed by atoms with Crippen molar-refractivity contribution in [2.24, 2.45) is 0 Å². The number of nitrogens with one attached hydrogen (secondary N) is 1. The quantitative estimate of drug-likeness (QED) is 0.632. The predicted molar refractivity (Wildman–Crippen MR) is 55.5 cm³/mol. The minimum atomic E-state index is 0.177. The van der Waals surface area contributed by atoms with E-state index in [1.807, 2.05) is 25.3 Å². The van der Waals surface area contributed by atoms with Crippen molar-refractivity contribution in [1.29, 1.82) is 0 Å². The average Bonchev–Trinajstić information content (AvgIpc) is 2.60. The van der Waals surface area contributed by atoms with E-state index in [4.69, 9.17) is 6.42 Å². The molecule has 64 valence electrons. The normalized spacial score (nSPS) is 12.6. The lowest BCUT2D eigenvalue weighted by Gasteiger charge is -2.00. The molecular formula is C12H11N. The molecule has 0 saturated carbocycles. The zero-order valence-electron chi connectivity index (χ0n) is 7.54. The molecule has 1 atom stereocenters. The number of aromatic amines is 1. The topological polar surface area (TPSA) is 15.8 Å². The van der Waals surface area contributed by atoms with E-state index in [9.17, 15) is 0 Å². The minimum absolute atomic E-state index is 0.177. The van der Waals surface area contributed by atoms with Gasteiger partial charge in [-0.1, -0.05) is 24.1 Å². The first-order valence-electron chi connectivity index (χ1n) is 4.35. The minimum Gasteiger partial charge on any atom is -0.361 e. The molecule has 2 rings (SSSR count). The molecule has 0 amide bonds. The molecule has 0 aliphatic rings. The summed E-state index contributed by atoms with van der Waals surface area (Å²) in [6.45, 7) is 2.04. The van der Waals surface area contributed by atoms with E-state index in [1.165, 1.54) is 10.9 Å². The Balaban J connectivity index is 2.66. The van der Waals surface area contributed by atoms with Crippen molar-refractivity contribution < 1.29 is 0 Å². The van der Waals surface area contributed by atoms with Crippen LogP contribution in [-0.2, 0) is 0 Å². The molecule has 1 N–H and O–H groups in total. The number of para-hydroxylation sites is 1. The summed E-state index contributed by atoms with van der Waals surface area (Å²) in [7, 11) is 0. The van der Waals surface area contributed by atoms with Crippen LogP contribution in [0.1, 0.15) is 18.4 Å². The highest BCUT2D eigenvalue weighted by atomic mass is 14.7. The predicted octanol–water partition coefficient (Wildman–Crippen LogP) is 2.90. The van der Waals surface area contributed by atoms with E-state index >= 15 is 0 Å². The van der Waals surface area contributed by atoms with Gasteiger partial charge in [-0.25, -0.2) is 0 Å². The molecule has 1 heteroatoms. The van der Waals surface area contributed by atoms with Gasteiger partial charge in [0.15, 0.2) is 0 Å². The van der Waals surface area contributed by atoms with Crippen LogP contribution in [0.5, 0.6) is 0 Å². The van der Waals surface area contributed by atoms with Gasteiger partial charge in [0.25, 0.3) is 0 Å². The number of fused-ring (bicyclic) bond motifs is 1. The van der Waals surface area contributed by atoms with E-state index in [0.717, 1.165) is 5.52 Å². The van der Waals surface area contributed by atoms with Crippen molar-refractivity contribution in [2.45, 2.75) is 12.8 Å². The standard InChI is InChI=1S/C12H11N/c1-3-9(2)11-8-13-12-7-5-4-6-10(11)12/h1,4-9,13H,2H3. The van der Waals surface area contributed by atoms with Crippen LogP contribution in [-0.4, -0.2) is 4.98 Å². The van der Waals surface area contributed by atoms with Crippen LogP contribution in [0.15, 0.2) is 30.5 Å². The average molecular weight is 169 g/mol. The molecule has 1 aromatic heterocycles. The van der Waals surface area contributed by atoms with Gasteiger partial charge in [-0.3, -0.25) is 0 Å². The van der Waals surface area contributed by atoms with Crippen LogP contribution in [0.4, 0.5) is 0 Å². The van der Waals surface area contributed by atoms with Crippen LogP contribution >= 0.6 is 0 Å². The molecule has 1 nitrogen and oxygen atoms in total. The van der Waals surface area contributed by atoms with Crippen molar-refractivity contribution in [2.75, 3.05) is 0 Å². The summed E-state index contributed by atoms with van der Waals surface area (Å²) in [6.07, 6.45) is 7.39. The number of rotatable bonds is 1. The Labute approximate surface area is 77.8 Å². The second kappa shape index (κ2) is 2.99. The maximum absolute atomic E-state index is 5.39. The smallest absolute Gasteiger partial charge is 0.0457 e. The number of aromatic nitrogens is 1. The Hall–Kier alpha value is -1.68. The lowest BCUT2D eigenvalue weighted by atomic mass is 10.0. The highest BCUT2D eigenvalue weighted by Crippen LogP contribution is 2.24. The molecule has 0 aliphatic heterocycles. The number of terminal acetylenes is 1. The summed E-state index contributed by atoms with van der Waals surface area (Å²) in [4.78, 5) is 3.21. The van der Waals surface area contributed by atoms with E-state index in [-0.39, 0.29) is 5.92 Å². The molecule has 0 radical (unpaired) electrons. The summed E-state index contributed by atoms with van der Waals surface area (Å²) in [5.74, 6) is 2.92. The van der Waals surface area contributed by atoms with Crippen LogP contribution in [0, 0.1) is 12.3 Å². The van der Waals surface area contributed by atoms with E-state index in [1.54, 1.807) is 0 Å². The molecule has 0 spiro atoms. The van der Waals surface area contributed by atoms with Gasteiger partial charge in [-0.2, -0.15) is 0 Å². The lowest BCUT2D eigenvalue weighted by Crippen LogP contribution is -1.85. The van der Waals surface area contributed by atoms with Gasteiger partial charge in [-0.05, 0) is 18.6 Å². The molecule has 1 unspecified atom stereocenters. The first-order chi connectivity index (χ1) is 6.33. The number of H-pyrrole nitrogens is 1. The fourth-order valence-corrected chi connectivity index (χ4v) is 1.54. The molecule has 0 saturated heterocycles. The molecule has 2 aromatic rings. The van der Waals surface area contributed by atoms with Crippen molar-refractivity contribution in [3.63, 3.8) is 0 Å². The van der Waals surface area contributed by atoms with Gasteiger partial charge in [0, 0.05) is 23.0 Å². The third-order valence-corrected chi connectivity index (χ3v) is 2.34. The maximum atomic E-state index is 5.39. The van der Waals surface area contributed by atoms with E-state index < -0.39 is 0 Å². The SMILES string of the molecule is C#CC(C)c1c[nH]c2ccccc12. The summed E-state index contributed by atoms with van der Waals surface area (Å²) in [5, 5.41) is 1.23. The molecule has 13 heavy (non-hydrogen) atoms. The third-order valence-electron chi connectivity index (χ3n) is 2.34. The first-order valence-corrected chi connectivity index (χ1v) is 4.35. The summed E-state index contributed by atoms with van der Waals surface area (Å²) >= 11 is 0. The van der Waals surface area contributed by atoms with Crippen molar-refractivity contribution in [3.8, 4) is 12.3 Å². The first kappa shape index (κ1) is 7.94. The van der Waals surface area contributed by atoms with Crippen LogP contribution in [0.25, 0.3) is 10.9 Å². The van der Waals surface area contributed by atoms with Crippen LogP contribution in [0.2, 0.25) is 0 Å². The lowest BCUT2D eigenvalue weighted by molar-refractivity contribution is 1.02. The number of hydrogen-bond acceptors (Lipinski definition) is 0. The molecule has 1 heterocycles. The van der Waals surface area contributed by atoms with Crippen LogP contribution < -0.4 is 0 Å². The zero-order chi connectivity index (χ0) is 9.26. The van der Waals surface area contributed by atoms with Gasteiger partial charge in [-0.15, -0.1) is 6.42 Å². The maximum Gasteiger partial charge on any atom is 0.0457 e. The third kappa shape index (κ3) is 1.21. The van der Waals surface area contributed by atoms with Gasteiger partial charge in [0.2, 0.25) is 0 Å².